The molecule has 0 heterocycles. The highest BCUT2D eigenvalue weighted by atomic mass is 19.2. The monoisotopic (exact) mass is 276 g/mol. The summed E-state index contributed by atoms with van der Waals surface area (Å²) < 4.78 is 26.8. The Morgan fingerprint density at radius 2 is 1.70 bits per heavy atom. The third-order valence-electron chi connectivity index (χ3n) is 3.31. The Morgan fingerprint density at radius 3 is 2.30 bits per heavy atom. The van der Waals surface area contributed by atoms with Crippen LogP contribution in [0.25, 0.3) is 0 Å². The van der Waals surface area contributed by atoms with Crippen molar-refractivity contribution in [2.24, 2.45) is 5.73 Å². The summed E-state index contributed by atoms with van der Waals surface area (Å²) in [7, 11) is 3.91. The molecule has 0 aliphatic heterocycles. The van der Waals surface area contributed by atoms with Gasteiger partial charge in [0.15, 0.2) is 11.6 Å². The van der Waals surface area contributed by atoms with Crippen molar-refractivity contribution in [1.29, 1.82) is 0 Å². The molecule has 1 unspecified atom stereocenters. The van der Waals surface area contributed by atoms with E-state index in [9.17, 15) is 8.78 Å². The quantitative estimate of drug-likeness (QED) is 0.928. The van der Waals surface area contributed by atoms with Crippen molar-refractivity contribution in [1.82, 2.24) is 0 Å². The van der Waals surface area contributed by atoms with E-state index in [1.807, 2.05) is 43.3 Å². The lowest BCUT2D eigenvalue weighted by molar-refractivity contribution is 0.494. The van der Waals surface area contributed by atoms with Crippen LogP contribution in [0.5, 0.6) is 0 Å². The molecule has 2 N–H and O–H groups in total. The number of nitrogens with two attached hydrogens (primary N) is 1. The molecule has 0 aromatic heterocycles. The molecule has 0 aliphatic carbocycles. The van der Waals surface area contributed by atoms with Crippen molar-refractivity contribution in [3.63, 3.8) is 0 Å². The summed E-state index contributed by atoms with van der Waals surface area (Å²) in [5.41, 5.74) is 8.34. The molecule has 0 spiro atoms. The predicted molar refractivity (Wildman–Crippen MR) is 77.8 cm³/mol. The van der Waals surface area contributed by atoms with Gasteiger partial charge in [0.25, 0.3) is 0 Å². The maximum absolute atomic E-state index is 13.6. The molecule has 0 amide bonds. The van der Waals surface area contributed by atoms with Gasteiger partial charge in [-0.1, -0.05) is 24.3 Å². The van der Waals surface area contributed by atoms with Gasteiger partial charge in [-0.3, -0.25) is 0 Å². The van der Waals surface area contributed by atoms with Crippen molar-refractivity contribution < 1.29 is 8.78 Å². The fourth-order valence-electron chi connectivity index (χ4n) is 2.08. The fourth-order valence-corrected chi connectivity index (χ4v) is 2.08. The van der Waals surface area contributed by atoms with E-state index in [0.29, 0.717) is 5.56 Å². The van der Waals surface area contributed by atoms with Gasteiger partial charge in [-0.05, 0) is 35.7 Å². The van der Waals surface area contributed by atoms with Gasteiger partial charge >= 0.3 is 0 Å². The third kappa shape index (κ3) is 3.14. The van der Waals surface area contributed by atoms with Gasteiger partial charge in [-0.25, -0.2) is 8.78 Å². The van der Waals surface area contributed by atoms with Gasteiger partial charge in [0, 0.05) is 25.8 Å². The van der Waals surface area contributed by atoms with E-state index in [4.69, 9.17) is 5.73 Å². The Labute approximate surface area is 117 Å². The lowest BCUT2D eigenvalue weighted by Crippen LogP contribution is -2.15. The van der Waals surface area contributed by atoms with E-state index in [2.05, 4.69) is 0 Å². The molecule has 2 aromatic carbocycles. The molecule has 4 heteroatoms. The van der Waals surface area contributed by atoms with Gasteiger partial charge in [0.1, 0.15) is 0 Å². The van der Waals surface area contributed by atoms with Crippen molar-refractivity contribution >= 4 is 5.69 Å². The largest absolute Gasteiger partial charge is 0.378 e. The lowest BCUT2D eigenvalue weighted by atomic mass is 9.99. The van der Waals surface area contributed by atoms with E-state index in [1.54, 1.807) is 6.07 Å². The van der Waals surface area contributed by atoms with Gasteiger partial charge in [-0.2, -0.15) is 0 Å². The zero-order chi connectivity index (χ0) is 14.7. The summed E-state index contributed by atoms with van der Waals surface area (Å²) in [4.78, 5) is 1.99. The van der Waals surface area contributed by atoms with Gasteiger partial charge in [-0.15, -0.1) is 0 Å². The van der Waals surface area contributed by atoms with Gasteiger partial charge < -0.3 is 10.6 Å². The van der Waals surface area contributed by atoms with E-state index in [-0.39, 0.29) is 12.5 Å². The molecule has 0 aliphatic rings. The van der Waals surface area contributed by atoms with Crippen LogP contribution in [-0.2, 0) is 6.42 Å². The minimum atomic E-state index is -0.836. The first-order valence-corrected chi connectivity index (χ1v) is 6.45. The van der Waals surface area contributed by atoms with Crippen molar-refractivity contribution in [2.75, 3.05) is 19.0 Å². The number of halogens is 2. The highest BCUT2D eigenvalue weighted by Gasteiger charge is 2.13. The number of hydrogen-bond acceptors (Lipinski definition) is 2. The summed E-state index contributed by atoms with van der Waals surface area (Å²) >= 11 is 0. The molecular formula is C16H18F2N2. The zero-order valence-electron chi connectivity index (χ0n) is 11.6. The Morgan fingerprint density at radius 1 is 1.05 bits per heavy atom. The number of hydrogen-bond donors (Lipinski definition) is 1. The van der Waals surface area contributed by atoms with Crippen molar-refractivity contribution in [2.45, 2.75) is 12.5 Å². The average Bonchev–Trinajstić information content (AvgIpc) is 2.44. The van der Waals surface area contributed by atoms with Crippen molar-refractivity contribution in [3.8, 4) is 0 Å². The standard InChI is InChI=1S/C16H18F2N2/c1-20(2)13-8-6-11(7-9-13)15(19)10-12-4-3-5-14(17)16(12)18/h3-9,15H,10,19H2,1-2H3. The molecule has 2 aromatic rings. The maximum Gasteiger partial charge on any atom is 0.162 e. The Kier molecular flexibility index (Phi) is 4.35. The molecule has 20 heavy (non-hydrogen) atoms. The Balaban J connectivity index is 2.15. The van der Waals surface area contributed by atoms with Gasteiger partial charge in [0.2, 0.25) is 0 Å². The normalized spacial score (nSPS) is 12.2. The van der Waals surface area contributed by atoms with Crippen LogP contribution in [0.2, 0.25) is 0 Å². The first kappa shape index (κ1) is 14.5. The Bertz CT molecular complexity index is 580. The minimum absolute atomic E-state index is 0.269. The Hall–Kier alpha value is -1.94. The second kappa shape index (κ2) is 6.01. The van der Waals surface area contributed by atoms with E-state index < -0.39 is 11.6 Å². The third-order valence-corrected chi connectivity index (χ3v) is 3.31. The molecule has 1 atom stereocenters. The van der Waals surface area contributed by atoms with Crippen LogP contribution in [0.3, 0.4) is 0 Å². The van der Waals surface area contributed by atoms with Crippen LogP contribution >= 0.6 is 0 Å². The molecule has 0 bridgehead atoms. The maximum atomic E-state index is 13.6. The second-order valence-corrected chi connectivity index (χ2v) is 5.01. The minimum Gasteiger partial charge on any atom is -0.378 e. The topological polar surface area (TPSA) is 29.3 Å². The summed E-state index contributed by atoms with van der Waals surface area (Å²) in [6, 6.07) is 11.5. The highest BCUT2D eigenvalue weighted by Crippen LogP contribution is 2.21. The summed E-state index contributed by atoms with van der Waals surface area (Å²) in [5, 5.41) is 0. The molecule has 2 rings (SSSR count). The highest BCUT2D eigenvalue weighted by molar-refractivity contribution is 5.46. The summed E-state index contributed by atoms with van der Waals surface area (Å²) in [5.74, 6) is -1.65. The predicted octanol–water partition coefficient (Wildman–Crippen LogP) is 3.27. The molecule has 2 nitrogen and oxygen atoms in total. The average molecular weight is 276 g/mol. The van der Waals surface area contributed by atoms with Crippen molar-refractivity contribution in [3.05, 3.63) is 65.2 Å². The number of benzene rings is 2. The van der Waals surface area contributed by atoms with E-state index >= 15 is 0 Å². The molecule has 0 saturated heterocycles. The SMILES string of the molecule is CN(C)c1ccc(C(N)Cc2cccc(F)c2F)cc1. The first-order valence-electron chi connectivity index (χ1n) is 6.45. The molecular weight excluding hydrogens is 258 g/mol. The van der Waals surface area contributed by atoms with Crippen LogP contribution in [0, 0.1) is 11.6 Å². The summed E-state index contributed by atoms with van der Waals surface area (Å²) in [6.45, 7) is 0. The summed E-state index contributed by atoms with van der Waals surface area (Å²) in [6.07, 6.45) is 0.269. The fraction of sp³-hybridized carbons (Fsp3) is 0.250. The lowest BCUT2D eigenvalue weighted by Gasteiger charge is -2.16. The first-order chi connectivity index (χ1) is 9.49. The van der Waals surface area contributed by atoms with E-state index in [1.165, 1.54) is 6.07 Å². The smallest absolute Gasteiger partial charge is 0.162 e. The van der Waals surface area contributed by atoms with Crippen LogP contribution in [0.1, 0.15) is 17.2 Å². The zero-order valence-corrected chi connectivity index (χ0v) is 11.6. The van der Waals surface area contributed by atoms with Crippen LogP contribution in [0.15, 0.2) is 42.5 Å². The molecule has 0 radical (unpaired) electrons. The number of anilines is 1. The van der Waals surface area contributed by atoms with Gasteiger partial charge in [0.05, 0.1) is 0 Å². The number of nitrogens with zero attached hydrogens (tertiary/aromatic N) is 1. The van der Waals surface area contributed by atoms with Crippen LogP contribution in [-0.4, -0.2) is 14.1 Å². The van der Waals surface area contributed by atoms with E-state index in [0.717, 1.165) is 17.3 Å². The molecule has 0 saturated carbocycles. The molecule has 0 fully saturated rings. The number of rotatable bonds is 4. The molecule has 106 valence electrons. The second-order valence-electron chi connectivity index (χ2n) is 5.01. The van der Waals surface area contributed by atoms with Crippen LogP contribution < -0.4 is 10.6 Å². The van der Waals surface area contributed by atoms with Crippen LogP contribution in [0.4, 0.5) is 14.5 Å².